The second-order valence-corrected chi connectivity index (χ2v) is 4.96. The van der Waals surface area contributed by atoms with Gasteiger partial charge < -0.3 is 4.74 Å². The van der Waals surface area contributed by atoms with Crippen molar-refractivity contribution in [2.24, 2.45) is 5.92 Å². The molecule has 0 aromatic rings. The van der Waals surface area contributed by atoms with E-state index in [2.05, 4.69) is 0 Å². The number of alkyl halides is 2. The fourth-order valence-corrected chi connectivity index (χ4v) is 0.862. The number of halogens is 2. The highest BCUT2D eigenvalue weighted by molar-refractivity contribution is 6.26. The molecule has 0 bridgehead atoms. The summed E-state index contributed by atoms with van der Waals surface area (Å²) in [4.78, 5) is 10.4. The summed E-state index contributed by atoms with van der Waals surface area (Å²) in [7, 11) is 0. The van der Waals surface area contributed by atoms with Crippen molar-refractivity contribution in [2.75, 3.05) is 12.5 Å². The standard InChI is InChI=1S/C10H16Cl2O2/c1-8(4-5-10(2,3)12)7-14-9(13)6-11/h4-5,8H,6-7H2,1-3H3/b5-4+. The molecule has 14 heavy (non-hydrogen) atoms. The molecule has 82 valence electrons. The number of allylic oxidation sites excluding steroid dienone is 1. The van der Waals surface area contributed by atoms with Gasteiger partial charge >= 0.3 is 5.97 Å². The molecular formula is C10H16Cl2O2. The average molecular weight is 239 g/mol. The maximum Gasteiger partial charge on any atom is 0.320 e. The minimum atomic E-state index is -0.392. The van der Waals surface area contributed by atoms with Crippen LogP contribution in [0, 0.1) is 5.92 Å². The summed E-state index contributed by atoms with van der Waals surface area (Å²) in [6.45, 7) is 6.07. The van der Waals surface area contributed by atoms with Crippen LogP contribution in [0.2, 0.25) is 0 Å². The molecule has 1 atom stereocenters. The van der Waals surface area contributed by atoms with Gasteiger partial charge in [0.15, 0.2) is 0 Å². The first-order valence-electron chi connectivity index (χ1n) is 4.45. The molecule has 0 radical (unpaired) electrons. The van der Waals surface area contributed by atoms with E-state index in [1.54, 1.807) is 0 Å². The molecule has 0 fully saturated rings. The van der Waals surface area contributed by atoms with E-state index in [1.165, 1.54) is 0 Å². The number of rotatable bonds is 5. The molecule has 0 saturated carbocycles. The van der Waals surface area contributed by atoms with E-state index >= 15 is 0 Å². The van der Waals surface area contributed by atoms with Gasteiger partial charge in [-0.3, -0.25) is 4.79 Å². The quantitative estimate of drug-likeness (QED) is 0.419. The second-order valence-electron chi connectivity index (χ2n) is 3.72. The summed E-state index contributed by atoms with van der Waals surface area (Å²) in [6, 6.07) is 0. The van der Waals surface area contributed by atoms with Crippen LogP contribution in [0.4, 0.5) is 0 Å². The molecule has 0 aromatic carbocycles. The molecule has 0 aromatic heterocycles. The Morgan fingerprint density at radius 3 is 2.57 bits per heavy atom. The summed E-state index contributed by atoms with van der Waals surface area (Å²) in [5.41, 5.74) is 0. The number of hydrogen-bond acceptors (Lipinski definition) is 2. The molecule has 0 rings (SSSR count). The van der Waals surface area contributed by atoms with Crippen molar-refractivity contribution in [3.05, 3.63) is 12.2 Å². The predicted molar refractivity (Wildman–Crippen MR) is 59.9 cm³/mol. The number of ether oxygens (including phenoxy) is 1. The Kier molecular flexibility index (Phi) is 6.21. The fourth-order valence-electron chi connectivity index (χ4n) is 0.712. The van der Waals surface area contributed by atoms with Gasteiger partial charge in [0, 0.05) is 5.92 Å². The summed E-state index contributed by atoms with van der Waals surface area (Å²) < 4.78 is 4.85. The first-order chi connectivity index (χ1) is 6.35. The summed E-state index contributed by atoms with van der Waals surface area (Å²) >= 11 is 11.2. The van der Waals surface area contributed by atoms with E-state index < -0.39 is 5.97 Å². The van der Waals surface area contributed by atoms with E-state index in [9.17, 15) is 4.79 Å². The predicted octanol–water partition coefficient (Wildman–Crippen LogP) is 2.98. The molecule has 4 heteroatoms. The minimum absolute atomic E-state index is 0.0998. The normalized spacial score (nSPS) is 14.4. The molecule has 0 amide bonds. The Labute approximate surface area is 95.2 Å². The van der Waals surface area contributed by atoms with Crippen LogP contribution in [-0.4, -0.2) is 23.3 Å². The van der Waals surface area contributed by atoms with Crippen LogP contribution in [0.25, 0.3) is 0 Å². The average Bonchev–Trinajstić information content (AvgIpc) is 2.09. The summed E-state index contributed by atoms with van der Waals surface area (Å²) in [5, 5.41) is 0. The lowest BCUT2D eigenvalue weighted by Crippen LogP contribution is -2.12. The van der Waals surface area contributed by atoms with Crippen molar-refractivity contribution in [3.8, 4) is 0 Å². The van der Waals surface area contributed by atoms with Gasteiger partial charge in [-0.2, -0.15) is 0 Å². The second kappa shape index (κ2) is 6.31. The molecule has 0 aliphatic carbocycles. The van der Waals surface area contributed by atoms with Gasteiger partial charge in [-0.15, -0.1) is 23.2 Å². The fraction of sp³-hybridized carbons (Fsp3) is 0.700. The van der Waals surface area contributed by atoms with Crippen molar-refractivity contribution < 1.29 is 9.53 Å². The lowest BCUT2D eigenvalue weighted by atomic mass is 10.1. The van der Waals surface area contributed by atoms with E-state index in [-0.39, 0.29) is 16.7 Å². The third-order valence-electron chi connectivity index (χ3n) is 1.44. The van der Waals surface area contributed by atoms with Crippen LogP contribution in [0.15, 0.2) is 12.2 Å². The van der Waals surface area contributed by atoms with Gasteiger partial charge in [0.1, 0.15) is 5.88 Å². The highest BCUT2D eigenvalue weighted by atomic mass is 35.5. The minimum Gasteiger partial charge on any atom is -0.464 e. The van der Waals surface area contributed by atoms with Crippen molar-refractivity contribution in [3.63, 3.8) is 0 Å². The Balaban J connectivity index is 3.81. The zero-order chi connectivity index (χ0) is 11.2. The van der Waals surface area contributed by atoms with Crippen LogP contribution < -0.4 is 0 Å². The smallest absolute Gasteiger partial charge is 0.320 e. The van der Waals surface area contributed by atoms with Gasteiger partial charge in [0.05, 0.1) is 11.5 Å². The van der Waals surface area contributed by atoms with Crippen molar-refractivity contribution in [2.45, 2.75) is 25.6 Å². The topological polar surface area (TPSA) is 26.3 Å². The van der Waals surface area contributed by atoms with E-state index in [4.69, 9.17) is 27.9 Å². The molecule has 2 nitrogen and oxygen atoms in total. The van der Waals surface area contributed by atoms with Crippen molar-refractivity contribution in [1.82, 2.24) is 0 Å². The number of hydrogen-bond donors (Lipinski definition) is 0. The molecule has 0 N–H and O–H groups in total. The van der Waals surface area contributed by atoms with Crippen molar-refractivity contribution in [1.29, 1.82) is 0 Å². The Morgan fingerprint density at radius 1 is 1.57 bits per heavy atom. The molecule has 0 spiro atoms. The SMILES string of the molecule is CC(/C=C/C(C)(C)Cl)COC(=O)CCl. The third-order valence-corrected chi connectivity index (χ3v) is 1.78. The maximum atomic E-state index is 10.7. The number of carbonyl (C=O) groups is 1. The lowest BCUT2D eigenvalue weighted by Gasteiger charge is -2.11. The Morgan fingerprint density at radius 2 is 2.14 bits per heavy atom. The van der Waals surface area contributed by atoms with Gasteiger partial charge in [0.2, 0.25) is 0 Å². The Hall–Kier alpha value is -0.210. The highest BCUT2D eigenvalue weighted by Crippen LogP contribution is 2.15. The third kappa shape index (κ3) is 8.39. The number of carbonyl (C=O) groups excluding carboxylic acids is 1. The molecule has 1 unspecified atom stereocenters. The lowest BCUT2D eigenvalue weighted by molar-refractivity contribution is -0.141. The monoisotopic (exact) mass is 238 g/mol. The zero-order valence-corrected chi connectivity index (χ0v) is 10.2. The van der Waals surface area contributed by atoms with Crippen LogP contribution in [-0.2, 0) is 9.53 Å². The maximum absolute atomic E-state index is 10.7. The van der Waals surface area contributed by atoms with Crippen LogP contribution in [0.1, 0.15) is 20.8 Å². The van der Waals surface area contributed by atoms with Gasteiger partial charge in [-0.1, -0.05) is 19.1 Å². The molecule has 0 saturated heterocycles. The first-order valence-corrected chi connectivity index (χ1v) is 5.36. The van der Waals surface area contributed by atoms with Crippen molar-refractivity contribution >= 4 is 29.2 Å². The van der Waals surface area contributed by atoms with Crippen LogP contribution in [0.3, 0.4) is 0 Å². The molecule has 0 aliphatic rings. The number of esters is 1. The Bertz CT molecular complexity index is 207. The molecule has 0 aliphatic heterocycles. The largest absolute Gasteiger partial charge is 0.464 e. The first kappa shape index (κ1) is 13.8. The molecular weight excluding hydrogens is 223 g/mol. The van der Waals surface area contributed by atoms with E-state index in [1.807, 2.05) is 32.9 Å². The van der Waals surface area contributed by atoms with Crippen LogP contribution in [0.5, 0.6) is 0 Å². The van der Waals surface area contributed by atoms with Gasteiger partial charge in [-0.05, 0) is 13.8 Å². The summed E-state index contributed by atoms with van der Waals surface area (Å²) in [6.07, 6.45) is 3.81. The van der Waals surface area contributed by atoms with Gasteiger partial charge in [-0.25, -0.2) is 0 Å². The zero-order valence-electron chi connectivity index (χ0n) is 8.72. The highest BCUT2D eigenvalue weighted by Gasteiger charge is 2.09. The van der Waals surface area contributed by atoms with E-state index in [0.29, 0.717) is 6.61 Å². The van der Waals surface area contributed by atoms with Gasteiger partial charge in [0.25, 0.3) is 0 Å². The molecule has 0 heterocycles. The van der Waals surface area contributed by atoms with Crippen LogP contribution >= 0.6 is 23.2 Å². The van der Waals surface area contributed by atoms with E-state index in [0.717, 1.165) is 0 Å². The summed E-state index contributed by atoms with van der Waals surface area (Å²) in [5.74, 6) is -0.338.